The van der Waals surface area contributed by atoms with Crippen molar-refractivity contribution in [3.05, 3.63) is 47.5 Å². The molecule has 2 aromatic rings. The van der Waals surface area contributed by atoms with E-state index in [-0.39, 0.29) is 24.6 Å². The molecule has 2 N–H and O–H groups in total. The lowest BCUT2D eigenvalue weighted by atomic mass is 9.95. The first kappa shape index (κ1) is 20.1. The molecule has 1 heterocycles. The molecule has 1 aliphatic heterocycles. The van der Waals surface area contributed by atoms with Crippen molar-refractivity contribution >= 4 is 23.2 Å². The summed E-state index contributed by atoms with van der Waals surface area (Å²) in [5, 5.41) is 6.04. The van der Waals surface area contributed by atoms with E-state index in [1.807, 2.05) is 25.1 Å². The van der Waals surface area contributed by atoms with E-state index in [9.17, 15) is 9.59 Å². The van der Waals surface area contributed by atoms with Crippen molar-refractivity contribution < 1.29 is 19.1 Å². The highest BCUT2D eigenvalue weighted by atomic mass is 16.7. The second-order valence-electron chi connectivity index (χ2n) is 7.96. The molecule has 0 aromatic heterocycles. The van der Waals surface area contributed by atoms with Crippen LogP contribution < -0.4 is 25.0 Å². The Hall–Kier alpha value is -3.22. The normalized spacial score (nSPS) is 15.5. The molecule has 1 fully saturated rings. The fraction of sp³-hybridized carbons (Fsp3) is 0.391. The third-order valence-corrected chi connectivity index (χ3v) is 5.56. The molecule has 1 saturated carbocycles. The predicted octanol–water partition coefficient (Wildman–Crippen LogP) is 3.80. The van der Waals surface area contributed by atoms with Gasteiger partial charge in [0.2, 0.25) is 6.79 Å². The van der Waals surface area contributed by atoms with Crippen LogP contribution in [0.2, 0.25) is 0 Å². The minimum Gasteiger partial charge on any atom is -0.454 e. The number of hydrogen-bond donors (Lipinski definition) is 2. The van der Waals surface area contributed by atoms with E-state index < -0.39 is 0 Å². The molecule has 158 valence electrons. The van der Waals surface area contributed by atoms with Crippen LogP contribution in [0.5, 0.6) is 11.5 Å². The van der Waals surface area contributed by atoms with Gasteiger partial charge in [0.1, 0.15) is 0 Å². The van der Waals surface area contributed by atoms with Crippen LogP contribution in [0.15, 0.2) is 36.4 Å². The molecule has 0 bridgehead atoms. The topological polar surface area (TPSA) is 79.9 Å². The molecule has 0 spiro atoms. The van der Waals surface area contributed by atoms with Gasteiger partial charge in [-0.3, -0.25) is 9.59 Å². The smallest absolute Gasteiger partial charge is 0.255 e. The SMILES string of the molecule is CN(C)c1ccc(NC(=O)c2ccc3c(c2)OCO3)cc1C(=O)NC1CCCCC1. The molecule has 4 rings (SSSR count). The van der Waals surface area contributed by atoms with Crippen LogP contribution >= 0.6 is 0 Å². The van der Waals surface area contributed by atoms with E-state index in [2.05, 4.69) is 10.6 Å². The van der Waals surface area contributed by atoms with Gasteiger partial charge in [0, 0.05) is 37.1 Å². The fourth-order valence-corrected chi connectivity index (χ4v) is 3.94. The highest BCUT2D eigenvalue weighted by Gasteiger charge is 2.21. The molecule has 0 unspecified atom stereocenters. The summed E-state index contributed by atoms with van der Waals surface area (Å²) in [6.07, 6.45) is 5.57. The van der Waals surface area contributed by atoms with Crippen molar-refractivity contribution in [3.63, 3.8) is 0 Å². The maximum atomic E-state index is 13.0. The average molecular weight is 409 g/mol. The monoisotopic (exact) mass is 409 g/mol. The van der Waals surface area contributed by atoms with E-state index >= 15 is 0 Å². The van der Waals surface area contributed by atoms with Gasteiger partial charge in [0.05, 0.1) is 5.56 Å². The van der Waals surface area contributed by atoms with Gasteiger partial charge in [0.25, 0.3) is 11.8 Å². The van der Waals surface area contributed by atoms with Gasteiger partial charge in [-0.2, -0.15) is 0 Å². The molecule has 2 amide bonds. The Bertz CT molecular complexity index is 951. The maximum Gasteiger partial charge on any atom is 0.255 e. The van der Waals surface area contributed by atoms with Crippen LogP contribution in [0, 0.1) is 0 Å². The minimum atomic E-state index is -0.274. The summed E-state index contributed by atoms with van der Waals surface area (Å²) in [5.74, 6) is 0.802. The summed E-state index contributed by atoms with van der Waals surface area (Å²) in [6.45, 7) is 0.159. The summed E-state index contributed by atoms with van der Waals surface area (Å²) < 4.78 is 10.6. The molecule has 2 aliphatic rings. The number of ether oxygens (including phenoxy) is 2. The summed E-state index contributed by atoms with van der Waals surface area (Å²) >= 11 is 0. The third-order valence-electron chi connectivity index (χ3n) is 5.56. The number of hydrogen-bond acceptors (Lipinski definition) is 5. The summed E-state index contributed by atoms with van der Waals surface area (Å²) in [7, 11) is 3.80. The van der Waals surface area contributed by atoms with Crippen molar-refractivity contribution in [2.75, 3.05) is 31.1 Å². The van der Waals surface area contributed by atoms with Crippen molar-refractivity contribution in [2.24, 2.45) is 0 Å². The van der Waals surface area contributed by atoms with E-state index in [0.717, 1.165) is 31.4 Å². The zero-order chi connectivity index (χ0) is 21.1. The predicted molar refractivity (Wildman–Crippen MR) is 116 cm³/mol. The molecule has 2 aromatic carbocycles. The van der Waals surface area contributed by atoms with Crippen LogP contribution in [0.4, 0.5) is 11.4 Å². The molecule has 7 heteroatoms. The first-order valence-electron chi connectivity index (χ1n) is 10.3. The molecular formula is C23H27N3O4. The van der Waals surface area contributed by atoms with Crippen LogP contribution in [-0.2, 0) is 0 Å². The Labute approximate surface area is 176 Å². The Kier molecular flexibility index (Phi) is 5.79. The molecule has 0 radical (unpaired) electrons. The van der Waals surface area contributed by atoms with Crippen LogP contribution in [0.3, 0.4) is 0 Å². The van der Waals surface area contributed by atoms with Crippen molar-refractivity contribution in [1.29, 1.82) is 0 Å². The Morgan fingerprint density at radius 3 is 2.47 bits per heavy atom. The van der Waals surface area contributed by atoms with Crippen molar-refractivity contribution in [2.45, 2.75) is 38.1 Å². The minimum absolute atomic E-state index is 0.107. The fourth-order valence-electron chi connectivity index (χ4n) is 3.94. The van der Waals surface area contributed by atoms with E-state index in [1.165, 1.54) is 6.42 Å². The molecule has 7 nitrogen and oxygen atoms in total. The number of rotatable bonds is 5. The Morgan fingerprint density at radius 1 is 0.933 bits per heavy atom. The van der Waals surface area contributed by atoms with Gasteiger partial charge in [-0.25, -0.2) is 0 Å². The van der Waals surface area contributed by atoms with Gasteiger partial charge in [-0.1, -0.05) is 19.3 Å². The standard InChI is InChI=1S/C23H27N3O4/c1-26(2)19-10-9-17(13-18(19)23(28)24-16-6-4-3-5-7-16)25-22(27)15-8-11-20-21(12-15)30-14-29-20/h8-13,16H,3-7,14H2,1-2H3,(H,24,28)(H,25,27). The summed E-state index contributed by atoms with van der Waals surface area (Å²) in [6, 6.07) is 10.7. The summed E-state index contributed by atoms with van der Waals surface area (Å²) in [4.78, 5) is 27.6. The van der Waals surface area contributed by atoms with Gasteiger partial charge in [0.15, 0.2) is 11.5 Å². The number of benzene rings is 2. The van der Waals surface area contributed by atoms with Gasteiger partial charge < -0.3 is 25.0 Å². The number of carbonyl (C=O) groups is 2. The van der Waals surface area contributed by atoms with Gasteiger partial charge in [-0.15, -0.1) is 0 Å². The van der Waals surface area contributed by atoms with Crippen molar-refractivity contribution in [3.8, 4) is 11.5 Å². The highest BCUT2D eigenvalue weighted by molar-refractivity contribution is 6.06. The third kappa shape index (κ3) is 4.35. The number of fused-ring (bicyclic) bond motifs is 1. The first-order valence-corrected chi connectivity index (χ1v) is 10.3. The van der Waals surface area contributed by atoms with E-state index in [0.29, 0.717) is 28.3 Å². The second-order valence-corrected chi connectivity index (χ2v) is 7.96. The number of nitrogens with zero attached hydrogens (tertiary/aromatic N) is 1. The van der Waals surface area contributed by atoms with Gasteiger partial charge >= 0.3 is 0 Å². The molecule has 30 heavy (non-hydrogen) atoms. The number of amides is 2. The molecular weight excluding hydrogens is 382 g/mol. The zero-order valence-electron chi connectivity index (χ0n) is 17.4. The van der Waals surface area contributed by atoms with E-state index in [1.54, 1.807) is 30.3 Å². The Balaban J connectivity index is 1.52. The van der Waals surface area contributed by atoms with Crippen molar-refractivity contribution in [1.82, 2.24) is 5.32 Å². The second kappa shape index (κ2) is 8.65. The maximum absolute atomic E-state index is 13.0. The molecule has 0 atom stereocenters. The molecule has 1 aliphatic carbocycles. The average Bonchev–Trinajstić information content (AvgIpc) is 3.22. The number of anilines is 2. The quantitative estimate of drug-likeness (QED) is 0.785. The lowest BCUT2D eigenvalue weighted by Gasteiger charge is -2.24. The largest absolute Gasteiger partial charge is 0.454 e. The number of carbonyl (C=O) groups excluding carboxylic acids is 2. The van der Waals surface area contributed by atoms with Crippen LogP contribution in [0.1, 0.15) is 52.8 Å². The lowest BCUT2D eigenvalue weighted by Crippen LogP contribution is -2.36. The highest BCUT2D eigenvalue weighted by Crippen LogP contribution is 2.33. The number of nitrogens with one attached hydrogen (secondary N) is 2. The summed E-state index contributed by atoms with van der Waals surface area (Å²) in [5.41, 5.74) is 2.39. The van der Waals surface area contributed by atoms with E-state index in [4.69, 9.17) is 9.47 Å². The first-order chi connectivity index (χ1) is 14.5. The lowest BCUT2D eigenvalue weighted by molar-refractivity contribution is 0.0927. The van der Waals surface area contributed by atoms with Gasteiger partial charge in [-0.05, 0) is 49.2 Å². The Morgan fingerprint density at radius 2 is 1.70 bits per heavy atom. The molecule has 0 saturated heterocycles. The van der Waals surface area contributed by atoms with Crippen LogP contribution in [-0.4, -0.2) is 38.7 Å². The van der Waals surface area contributed by atoms with Crippen LogP contribution in [0.25, 0.3) is 0 Å². The zero-order valence-corrected chi connectivity index (χ0v) is 17.4.